The lowest BCUT2D eigenvalue weighted by Crippen LogP contribution is -2.49. The van der Waals surface area contributed by atoms with E-state index in [4.69, 9.17) is 0 Å². The van der Waals surface area contributed by atoms with Crippen LogP contribution in [0.3, 0.4) is 0 Å². The molecule has 2 aliphatic heterocycles. The van der Waals surface area contributed by atoms with Crippen LogP contribution < -0.4 is 0 Å². The first-order chi connectivity index (χ1) is 13.1. The Hall–Kier alpha value is -2.83. The van der Waals surface area contributed by atoms with E-state index >= 15 is 0 Å². The normalized spacial score (nSPS) is 22.5. The standard InChI is InChI=1S/C20H21FN4O2/c21-17-12-16(4-9-23-17)18(26)25-10-1-5-20(14-25)6-11-24(19(20)27)13-15-2-7-22-8-3-15/h2-4,7-9,12H,1,5-6,10-11,13-14H2. The van der Waals surface area contributed by atoms with Gasteiger partial charge in [-0.3, -0.25) is 14.6 Å². The number of hydrogen-bond acceptors (Lipinski definition) is 4. The first-order valence-corrected chi connectivity index (χ1v) is 9.17. The fourth-order valence-electron chi connectivity index (χ4n) is 4.15. The monoisotopic (exact) mass is 368 g/mol. The molecule has 2 aliphatic rings. The predicted molar refractivity (Wildman–Crippen MR) is 96.0 cm³/mol. The summed E-state index contributed by atoms with van der Waals surface area (Å²) < 4.78 is 13.4. The summed E-state index contributed by atoms with van der Waals surface area (Å²) in [6.45, 7) is 2.23. The lowest BCUT2D eigenvalue weighted by molar-refractivity contribution is -0.138. The van der Waals surface area contributed by atoms with Crippen LogP contribution in [0.1, 0.15) is 35.2 Å². The highest BCUT2D eigenvalue weighted by Crippen LogP contribution is 2.41. The molecule has 0 bridgehead atoms. The molecule has 7 heteroatoms. The third-order valence-corrected chi connectivity index (χ3v) is 5.56. The number of rotatable bonds is 3. The molecule has 0 aromatic carbocycles. The van der Waals surface area contributed by atoms with Gasteiger partial charge in [0, 0.05) is 56.4 Å². The number of nitrogens with zero attached hydrogens (tertiary/aromatic N) is 4. The number of pyridine rings is 2. The van der Waals surface area contributed by atoms with Gasteiger partial charge in [-0.1, -0.05) is 0 Å². The Morgan fingerprint density at radius 3 is 2.74 bits per heavy atom. The van der Waals surface area contributed by atoms with Gasteiger partial charge in [0.05, 0.1) is 5.41 Å². The highest BCUT2D eigenvalue weighted by atomic mass is 19.1. The molecule has 1 atom stereocenters. The topological polar surface area (TPSA) is 66.4 Å². The number of likely N-dealkylation sites (tertiary alicyclic amines) is 2. The lowest BCUT2D eigenvalue weighted by atomic mass is 9.78. The van der Waals surface area contributed by atoms with Crippen molar-refractivity contribution in [3.05, 3.63) is 59.9 Å². The maximum Gasteiger partial charge on any atom is 0.254 e. The van der Waals surface area contributed by atoms with Crippen molar-refractivity contribution in [1.82, 2.24) is 19.8 Å². The van der Waals surface area contributed by atoms with Gasteiger partial charge in [0.25, 0.3) is 5.91 Å². The average Bonchev–Trinajstić information content (AvgIpc) is 2.98. The van der Waals surface area contributed by atoms with Gasteiger partial charge >= 0.3 is 0 Å². The van der Waals surface area contributed by atoms with E-state index in [0.717, 1.165) is 30.9 Å². The van der Waals surface area contributed by atoms with E-state index in [1.54, 1.807) is 17.3 Å². The van der Waals surface area contributed by atoms with Gasteiger partial charge in [-0.15, -0.1) is 0 Å². The van der Waals surface area contributed by atoms with E-state index in [1.165, 1.54) is 12.3 Å². The van der Waals surface area contributed by atoms with Crippen molar-refractivity contribution in [3.63, 3.8) is 0 Å². The maximum atomic E-state index is 13.4. The summed E-state index contributed by atoms with van der Waals surface area (Å²) in [6, 6.07) is 6.48. The van der Waals surface area contributed by atoms with Crippen LogP contribution >= 0.6 is 0 Å². The molecule has 140 valence electrons. The number of piperidine rings is 1. The van der Waals surface area contributed by atoms with Gasteiger partial charge in [0.2, 0.25) is 11.9 Å². The lowest BCUT2D eigenvalue weighted by Gasteiger charge is -2.39. The SMILES string of the molecule is O=C(c1ccnc(F)c1)N1CCCC2(CCN(Cc3ccncc3)C2=O)C1. The predicted octanol–water partition coefficient (Wildman–Crippen LogP) is 2.27. The third-order valence-electron chi connectivity index (χ3n) is 5.56. The van der Waals surface area contributed by atoms with Crippen LogP contribution in [0.4, 0.5) is 4.39 Å². The summed E-state index contributed by atoms with van der Waals surface area (Å²) in [5.41, 5.74) is 0.803. The highest BCUT2D eigenvalue weighted by Gasteiger charge is 2.49. The second-order valence-electron chi connectivity index (χ2n) is 7.31. The largest absolute Gasteiger partial charge is 0.338 e. The molecule has 2 aromatic heterocycles. The van der Waals surface area contributed by atoms with Crippen LogP contribution in [-0.2, 0) is 11.3 Å². The third kappa shape index (κ3) is 3.41. The molecule has 4 heterocycles. The zero-order chi connectivity index (χ0) is 18.9. The highest BCUT2D eigenvalue weighted by molar-refractivity contribution is 5.95. The summed E-state index contributed by atoms with van der Waals surface area (Å²) in [5.74, 6) is -0.804. The Balaban J connectivity index is 1.49. The van der Waals surface area contributed by atoms with E-state index < -0.39 is 11.4 Å². The summed E-state index contributed by atoms with van der Waals surface area (Å²) in [6.07, 6.45) is 7.03. The Morgan fingerprint density at radius 1 is 1.15 bits per heavy atom. The molecule has 2 amide bonds. The first-order valence-electron chi connectivity index (χ1n) is 9.17. The quantitative estimate of drug-likeness (QED) is 0.780. The molecule has 0 N–H and O–H groups in total. The first kappa shape index (κ1) is 17.6. The molecule has 0 saturated carbocycles. The fourth-order valence-corrected chi connectivity index (χ4v) is 4.15. The minimum absolute atomic E-state index is 0.109. The van der Waals surface area contributed by atoms with Gasteiger partial charge in [0.15, 0.2) is 0 Å². The second-order valence-corrected chi connectivity index (χ2v) is 7.31. The van der Waals surface area contributed by atoms with Crippen LogP contribution in [0.25, 0.3) is 0 Å². The van der Waals surface area contributed by atoms with Crippen molar-refractivity contribution in [2.45, 2.75) is 25.8 Å². The zero-order valence-electron chi connectivity index (χ0n) is 15.0. The molecule has 2 fully saturated rings. The maximum absolute atomic E-state index is 13.4. The molecule has 0 aliphatic carbocycles. The molecular weight excluding hydrogens is 347 g/mol. The number of aromatic nitrogens is 2. The molecule has 1 spiro atoms. The summed E-state index contributed by atoms with van der Waals surface area (Å²) in [5, 5.41) is 0. The zero-order valence-corrected chi connectivity index (χ0v) is 15.0. The van der Waals surface area contributed by atoms with Gasteiger partial charge in [-0.05, 0) is 43.0 Å². The molecule has 0 radical (unpaired) electrons. The fraction of sp³-hybridized carbons (Fsp3) is 0.400. The van der Waals surface area contributed by atoms with Crippen LogP contribution in [0.5, 0.6) is 0 Å². The van der Waals surface area contributed by atoms with Crippen molar-refractivity contribution >= 4 is 11.8 Å². The molecule has 2 aromatic rings. The smallest absolute Gasteiger partial charge is 0.254 e. The van der Waals surface area contributed by atoms with E-state index in [-0.39, 0.29) is 17.4 Å². The number of hydrogen-bond donors (Lipinski definition) is 0. The Morgan fingerprint density at radius 2 is 1.96 bits per heavy atom. The minimum atomic E-state index is -0.673. The van der Waals surface area contributed by atoms with E-state index in [2.05, 4.69) is 9.97 Å². The summed E-state index contributed by atoms with van der Waals surface area (Å²) >= 11 is 0. The van der Waals surface area contributed by atoms with Gasteiger partial charge < -0.3 is 9.80 Å². The van der Waals surface area contributed by atoms with Crippen molar-refractivity contribution in [2.75, 3.05) is 19.6 Å². The van der Waals surface area contributed by atoms with Gasteiger partial charge in [-0.25, -0.2) is 4.98 Å². The molecule has 4 rings (SSSR count). The number of carbonyl (C=O) groups is 2. The average molecular weight is 368 g/mol. The van der Waals surface area contributed by atoms with Crippen LogP contribution in [0.2, 0.25) is 0 Å². The minimum Gasteiger partial charge on any atom is -0.338 e. The van der Waals surface area contributed by atoms with Crippen LogP contribution in [0, 0.1) is 11.4 Å². The molecule has 6 nitrogen and oxygen atoms in total. The van der Waals surface area contributed by atoms with Crippen LogP contribution in [-0.4, -0.2) is 51.2 Å². The summed E-state index contributed by atoms with van der Waals surface area (Å²) in [7, 11) is 0. The van der Waals surface area contributed by atoms with Crippen molar-refractivity contribution in [3.8, 4) is 0 Å². The van der Waals surface area contributed by atoms with E-state index in [9.17, 15) is 14.0 Å². The van der Waals surface area contributed by atoms with E-state index in [0.29, 0.717) is 26.2 Å². The van der Waals surface area contributed by atoms with Crippen LogP contribution in [0.15, 0.2) is 42.9 Å². The Kier molecular flexibility index (Phi) is 4.59. The Bertz CT molecular complexity index is 860. The van der Waals surface area contributed by atoms with Gasteiger partial charge in [-0.2, -0.15) is 4.39 Å². The summed E-state index contributed by atoms with van der Waals surface area (Å²) in [4.78, 5) is 37.0. The molecule has 27 heavy (non-hydrogen) atoms. The molecule has 1 unspecified atom stereocenters. The number of amides is 2. The Labute approximate surface area is 157 Å². The van der Waals surface area contributed by atoms with Crippen molar-refractivity contribution < 1.29 is 14.0 Å². The van der Waals surface area contributed by atoms with Crippen molar-refractivity contribution in [1.29, 1.82) is 0 Å². The number of halogens is 1. The number of carbonyl (C=O) groups excluding carboxylic acids is 2. The van der Waals surface area contributed by atoms with Crippen molar-refractivity contribution in [2.24, 2.45) is 5.41 Å². The van der Waals surface area contributed by atoms with Gasteiger partial charge in [0.1, 0.15) is 0 Å². The molecular formula is C20H21FN4O2. The van der Waals surface area contributed by atoms with E-state index in [1.807, 2.05) is 17.0 Å². The second kappa shape index (κ2) is 7.06. The molecule has 2 saturated heterocycles.